The maximum absolute atomic E-state index is 9.00. The summed E-state index contributed by atoms with van der Waals surface area (Å²) in [6.45, 7) is 5.48. The summed E-state index contributed by atoms with van der Waals surface area (Å²) in [7, 11) is 0. The van der Waals surface area contributed by atoms with E-state index in [0.29, 0.717) is 6.61 Å². The Labute approximate surface area is 108 Å². The van der Waals surface area contributed by atoms with E-state index >= 15 is 0 Å². The number of halogens is 1. The predicted octanol–water partition coefficient (Wildman–Crippen LogP) is 2.39. The number of rotatable bonds is 7. The van der Waals surface area contributed by atoms with Crippen LogP contribution in [-0.4, -0.2) is 30.9 Å². The third-order valence-corrected chi connectivity index (χ3v) is 2.88. The van der Waals surface area contributed by atoms with Crippen LogP contribution in [0.15, 0.2) is 18.2 Å². The van der Waals surface area contributed by atoms with Crippen LogP contribution in [0.3, 0.4) is 0 Å². The van der Waals surface area contributed by atoms with E-state index < -0.39 is 0 Å². The molecule has 96 valence electrons. The minimum absolute atomic E-state index is 0.157. The van der Waals surface area contributed by atoms with Crippen LogP contribution in [0.5, 0.6) is 5.75 Å². The van der Waals surface area contributed by atoms with Crippen LogP contribution in [0.1, 0.15) is 18.9 Å². The minimum atomic E-state index is 0.157. The molecule has 0 spiro atoms. The summed E-state index contributed by atoms with van der Waals surface area (Å²) in [6.07, 6.45) is 0.913. The van der Waals surface area contributed by atoms with Gasteiger partial charge < -0.3 is 15.2 Å². The molecule has 1 aromatic carbocycles. The van der Waals surface area contributed by atoms with Crippen LogP contribution in [0.25, 0.3) is 0 Å². The highest BCUT2D eigenvalue weighted by atomic mass is 35.5. The molecule has 0 aliphatic heterocycles. The standard InChI is InChI=1S/C13H20ClNO2/c1-3-12(9-16)15-6-7-17-13-5-4-11(14)8-10(13)2/h4-5,8,12,15-16H,3,6-7,9H2,1-2H3/t12-/m0/s1. The van der Waals surface area contributed by atoms with Gasteiger partial charge in [0.05, 0.1) is 6.61 Å². The zero-order valence-corrected chi connectivity index (χ0v) is 11.1. The molecule has 17 heavy (non-hydrogen) atoms. The third kappa shape index (κ3) is 4.94. The fourth-order valence-electron chi connectivity index (χ4n) is 1.54. The molecule has 0 saturated heterocycles. The number of aliphatic hydroxyl groups excluding tert-OH is 1. The number of aliphatic hydroxyl groups is 1. The van der Waals surface area contributed by atoms with Crippen molar-refractivity contribution in [1.82, 2.24) is 5.32 Å². The van der Waals surface area contributed by atoms with Crippen LogP contribution in [0.4, 0.5) is 0 Å². The van der Waals surface area contributed by atoms with Gasteiger partial charge in [0.25, 0.3) is 0 Å². The number of hydrogen-bond donors (Lipinski definition) is 2. The van der Waals surface area contributed by atoms with Crippen LogP contribution >= 0.6 is 11.6 Å². The number of hydrogen-bond acceptors (Lipinski definition) is 3. The number of aryl methyl sites for hydroxylation is 1. The van der Waals surface area contributed by atoms with Gasteiger partial charge in [0, 0.05) is 17.6 Å². The molecule has 1 rings (SSSR count). The molecule has 1 aromatic rings. The monoisotopic (exact) mass is 257 g/mol. The quantitative estimate of drug-likeness (QED) is 0.737. The number of ether oxygens (including phenoxy) is 1. The van der Waals surface area contributed by atoms with Crippen molar-refractivity contribution >= 4 is 11.6 Å². The van der Waals surface area contributed by atoms with Crippen molar-refractivity contribution in [2.45, 2.75) is 26.3 Å². The molecule has 0 bridgehead atoms. The highest BCUT2D eigenvalue weighted by molar-refractivity contribution is 6.30. The second kappa shape index (κ2) is 7.54. The van der Waals surface area contributed by atoms with Gasteiger partial charge in [-0.25, -0.2) is 0 Å². The van der Waals surface area contributed by atoms with Gasteiger partial charge in [-0.05, 0) is 37.1 Å². The molecule has 0 aliphatic rings. The lowest BCUT2D eigenvalue weighted by molar-refractivity contribution is 0.227. The fourth-order valence-corrected chi connectivity index (χ4v) is 1.76. The molecular formula is C13H20ClNO2. The van der Waals surface area contributed by atoms with Gasteiger partial charge >= 0.3 is 0 Å². The van der Waals surface area contributed by atoms with Crippen molar-refractivity contribution in [3.8, 4) is 5.75 Å². The van der Waals surface area contributed by atoms with Gasteiger partial charge in [-0.15, -0.1) is 0 Å². The first-order valence-corrected chi connectivity index (χ1v) is 6.28. The summed E-state index contributed by atoms with van der Waals surface area (Å²) in [4.78, 5) is 0. The Morgan fingerprint density at radius 1 is 1.47 bits per heavy atom. The summed E-state index contributed by atoms with van der Waals surface area (Å²) < 4.78 is 5.63. The molecule has 3 nitrogen and oxygen atoms in total. The Balaban J connectivity index is 2.31. The van der Waals surface area contributed by atoms with Crippen LogP contribution in [0.2, 0.25) is 5.02 Å². The van der Waals surface area contributed by atoms with Gasteiger partial charge in [-0.3, -0.25) is 0 Å². The van der Waals surface area contributed by atoms with E-state index in [2.05, 4.69) is 5.32 Å². The van der Waals surface area contributed by atoms with Crippen LogP contribution in [0, 0.1) is 6.92 Å². The number of benzene rings is 1. The Morgan fingerprint density at radius 2 is 2.24 bits per heavy atom. The van der Waals surface area contributed by atoms with E-state index in [4.69, 9.17) is 21.4 Å². The summed E-state index contributed by atoms with van der Waals surface area (Å²) in [5, 5.41) is 12.9. The molecule has 0 unspecified atom stereocenters. The van der Waals surface area contributed by atoms with Gasteiger partial charge in [0.15, 0.2) is 0 Å². The lowest BCUT2D eigenvalue weighted by Crippen LogP contribution is -2.34. The van der Waals surface area contributed by atoms with E-state index in [-0.39, 0.29) is 12.6 Å². The van der Waals surface area contributed by atoms with Gasteiger partial charge in [0.2, 0.25) is 0 Å². The molecule has 0 saturated carbocycles. The van der Waals surface area contributed by atoms with Crippen molar-refractivity contribution in [2.24, 2.45) is 0 Å². The lowest BCUT2D eigenvalue weighted by atomic mass is 10.2. The molecule has 0 aliphatic carbocycles. The maximum Gasteiger partial charge on any atom is 0.122 e. The topological polar surface area (TPSA) is 41.5 Å². The van der Waals surface area contributed by atoms with Crippen LogP contribution < -0.4 is 10.1 Å². The summed E-state index contributed by atoms with van der Waals surface area (Å²) >= 11 is 5.86. The number of nitrogens with one attached hydrogen (secondary N) is 1. The Bertz CT molecular complexity index is 340. The molecule has 0 fully saturated rings. The van der Waals surface area contributed by atoms with Crippen molar-refractivity contribution in [3.63, 3.8) is 0 Å². The third-order valence-electron chi connectivity index (χ3n) is 2.64. The minimum Gasteiger partial charge on any atom is -0.492 e. The summed E-state index contributed by atoms with van der Waals surface area (Å²) in [6, 6.07) is 5.73. The van der Waals surface area contributed by atoms with E-state index in [9.17, 15) is 0 Å². The molecular weight excluding hydrogens is 238 g/mol. The average molecular weight is 258 g/mol. The molecule has 0 amide bonds. The molecule has 0 heterocycles. The molecule has 4 heteroatoms. The van der Waals surface area contributed by atoms with Gasteiger partial charge in [-0.2, -0.15) is 0 Å². The first-order valence-electron chi connectivity index (χ1n) is 5.90. The lowest BCUT2D eigenvalue weighted by Gasteiger charge is -2.15. The zero-order chi connectivity index (χ0) is 12.7. The predicted molar refractivity (Wildman–Crippen MR) is 70.9 cm³/mol. The zero-order valence-electron chi connectivity index (χ0n) is 10.4. The summed E-state index contributed by atoms with van der Waals surface area (Å²) in [5.41, 5.74) is 1.03. The van der Waals surface area contributed by atoms with E-state index in [1.807, 2.05) is 32.0 Å². The van der Waals surface area contributed by atoms with E-state index in [1.54, 1.807) is 0 Å². The van der Waals surface area contributed by atoms with Crippen LogP contribution in [-0.2, 0) is 0 Å². The first-order chi connectivity index (χ1) is 8.17. The van der Waals surface area contributed by atoms with Crippen molar-refractivity contribution in [3.05, 3.63) is 28.8 Å². The molecule has 2 N–H and O–H groups in total. The molecule has 0 radical (unpaired) electrons. The molecule has 1 atom stereocenters. The second-order valence-corrected chi connectivity index (χ2v) is 4.44. The SMILES string of the molecule is CC[C@@H](CO)NCCOc1ccc(Cl)cc1C. The highest BCUT2D eigenvalue weighted by Crippen LogP contribution is 2.21. The first kappa shape index (κ1) is 14.3. The Morgan fingerprint density at radius 3 is 2.82 bits per heavy atom. The maximum atomic E-state index is 9.00. The summed E-state index contributed by atoms with van der Waals surface area (Å²) in [5.74, 6) is 0.855. The van der Waals surface area contributed by atoms with Gasteiger partial charge in [-0.1, -0.05) is 18.5 Å². The Kier molecular flexibility index (Phi) is 6.34. The van der Waals surface area contributed by atoms with Crippen molar-refractivity contribution < 1.29 is 9.84 Å². The van der Waals surface area contributed by atoms with Crippen molar-refractivity contribution in [1.29, 1.82) is 0 Å². The Hall–Kier alpha value is -0.770. The second-order valence-electron chi connectivity index (χ2n) is 4.00. The largest absolute Gasteiger partial charge is 0.492 e. The van der Waals surface area contributed by atoms with Crippen molar-refractivity contribution in [2.75, 3.05) is 19.8 Å². The average Bonchev–Trinajstić information content (AvgIpc) is 2.32. The smallest absolute Gasteiger partial charge is 0.122 e. The molecule has 0 aromatic heterocycles. The highest BCUT2D eigenvalue weighted by Gasteiger charge is 2.03. The van der Waals surface area contributed by atoms with E-state index in [1.165, 1.54) is 0 Å². The van der Waals surface area contributed by atoms with E-state index in [0.717, 1.165) is 29.3 Å². The normalized spacial score (nSPS) is 12.5. The fraction of sp³-hybridized carbons (Fsp3) is 0.538. The van der Waals surface area contributed by atoms with Gasteiger partial charge in [0.1, 0.15) is 12.4 Å².